The largest absolute Gasteiger partial charge is 0.495 e. The van der Waals surface area contributed by atoms with Crippen LogP contribution in [0.3, 0.4) is 0 Å². The molecule has 1 fully saturated rings. The fraction of sp³-hybridized carbons (Fsp3) is 0.267. The average Bonchev–Trinajstić information content (AvgIpc) is 3.05. The fourth-order valence-corrected chi connectivity index (χ4v) is 4.89. The van der Waals surface area contributed by atoms with Crippen molar-refractivity contribution in [2.45, 2.75) is 52.7 Å². The lowest BCUT2D eigenvalue weighted by Gasteiger charge is -2.32. The summed E-state index contributed by atoms with van der Waals surface area (Å²) in [6.45, 7) is 11.3. The minimum atomic E-state index is -0.420. The maximum atomic E-state index is 11.8. The lowest BCUT2D eigenvalue weighted by atomic mass is 9.75. The number of carbonyl (C=O) groups is 2. The summed E-state index contributed by atoms with van der Waals surface area (Å²) in [5.74, 6) is 0.172. The Hall–Kier alpha value is -2.80. The van der Waals surface area contributed by atoms with Gasteiger partial charge in [0.05, 0.1) is 11.2 Å². The van der Waals surface area contributed by atoms with Crippen molar-refractivity contribution >= 4 is 61.6 Å². The van der Waals surface area contributed by atoms with Crippen LogP contribution in [0.5, 0.6) is 0 Å². The van der Waals surface area contributed by atoms with Crippen molar-refractivity contribution in [3.8, 4) is 0 Å². The summed E-state index contributed by atoms with van der Waals surface area (Å²) in [4.78, 5) is 23.2. The van der Waals surface area contributed by atoms with E-state index < -0.39 is 7.12 Å². The number of fused-ring (bicyclic) bond motifs is 2. The summed E-state index contributed by atoms with van der Waals surface area (Å²) < 4.78 is 13.3. The van der Waals surface area contributed by atoms with E-state index in [1.165, 1.54) is 0 Å². The fourth-order valence-electron chi connectivity index (χ4n) is 4.40. The summed E-state index contributed by atoms with van der Waals surface area (Å²) in [5, 5.41) is 4.05. The van der Waals surface area contributed by atoms with Crippen molar-refractivity contribution in [2.75, 3.05) is 0 Å². The Bertz CT molecular complexity index is 1460. The number of hydrogen-bond donors (Lipinski definition) is 0. The van der Waals surface area contributed by atoms with Gasteiger partial charge in [-0.3, -0.25) is 9.59 Å². The highest BCUT2D eigenvalue weighted by Crippen LogP contribution is 2.37. The molecule has 1 aliphatic rings. The summed E-state index contributed by atoms with van der Waals surface area (Å²) in [6, 6.07) is 23.4. The van der Waals surface area contributed by atoms with Crippen LogP contribution in [0.4, 0.5) is 0 Å². The molecule has 1 saturated heterocycles. The van der Waals surface area contributed by atoms with Crippen molar-refractivity contribution < 1.29 is 18.9 Å². The van der Waals surface area contributed by atoms with Gasteiger partial charge in [0.15, 0.2) is 11.6 Å². The number of carbonyl (C=O) groups excluding carboxylic acids is 2. The predicted molar refractivity (Wildman–Crippen MR) is 151 cm³/mol. The molecule has 184 valence electrons. The monoisotopic (exact) mass is 544 g/mol. The van der Waals surface area contributed by atoms with E-state index in [4.69, 9.17) is 9.31 Å². The van der Waals surface area contributed by atoms with Crippen molar-refractivity contribution in [2.24, 2.45) is 0 Å². The highest BCUT2D eigenvalue weighted by Gasteiger charge is 2.52. The van der Waals surface area contributed by atoms with E-state index in [0.717, 1.165) is 42.6 Å². The molecule has 6 heteroatoms. The van der Waals surface area contributed by atoms with E-state index in [-0.39, 0.29) is 22.8 Å². The van der Waals surface area contributed by atoms with E-state index in [0.29, 0.717) is 0 Å². The van der Waals surface area contributed by atoms with Crippen LogP contribution in [-0.2, 0) is 9.31 Å². The molecule has 0 bridgehead atoms. The molecule has 0 atom stereocenters. The molecular weight excluding hydrogens is 515 g/mol. The highest BCUT2D eigenvalue weighted by atomic mass is 79.9. The second-order valence-electron chi connectivity index (χ2n) is 10.1. The second kappa shape index (κ2) is 9.93. The summed E-state index contributed by atoms with van der Waals surface area (Å²) in [6.07, 6.45) is 0. The minimum Gasteiger partial charge on any atom is -0.399 e. The molecular formula is C30H30BBrO4. The van der Waals surface area contributed by atoms with Gasteiger partial charge in [0, 0.05) is 15.6 Å². The Morgan fingerprint density at radius 3 is 1.58 bits per heavy atom. The summed E-state index contributed by atoms with van der Waals surface area (Å²) in [7, 11) is -0.420. The lowest BCUT2D eigenvalue weighted by Crippen LogP contribution is -2.41. The van der Waals surface area contributed by atoms with E-state index in [1.807, 2.05) is 100 Å². The standard InChI is InChI=1S/C18H21BO3.C12H9BrO/c1-12(20)13-8-6-10-15-14(13)9-7-11-16(15)19-21-17(2,3)18(4,5)22-19;1-8(14)9-4-2-6-11-10(9)5-3-7-12(11)13/h6-11H,1-5H3;2-7H,1H3. The molecule has 0 aromatic heterocycles. The van der Waals surface area contributed by atoms with Crippen LogP contribution in [0.1, 0.15) is 62.3 Å². The molecule has 4 aromatic rings. The topological polar surface area (TPSA) is 52.6 Å². The normalized spacial score (nSPS) is 16.0. The maximum Gasteiger partial charge on any atom is 0.495 e. The summed E-state index contributed by atoms with van der Waals surface area (Å²) >= 11 is 3.47. The van der Waals surface area contributed by atoms with E-state index in [2.05, 4.69) is 15.9 Å². The van der Waals surface area contributed by atoms with Crippen LogP contribution >= 0.6 is 15.9 Å². The Balaban J connectivity index is 0.000000187. The minimum absolute atomic E-state index is 0.0664. The van der Waals surface area contributed by atoms with Gasteiger partial charge in [0.2, 0.25) is 0 Å². The van der Waals surface area contributed by atoms with Crippen molar-refractivity contribution in [1.82, 2.24) is 0 Å². The number of hydrogen-bond acceptors (Lipinski definition) is 4. The third-order valence-corrected chi connectivity index (χ3v) is 7.78. The predicted octanol–water partition coefficient (Wildman–Crippen LogP) is 7.15. The van der Waals surface area contributed by atoms with Crippen LogP contribution in [0.15, 0.2) is 77.3 Å². The van der Waals surface area contributed by atoms with Gasteiger partial charge in [0.25, 0.3) is 0 Å². The lowest BCUT2D eigenvalue weighted by molar-refractivity contribution is 0.00578. The number of ketones is 2. The molecule has 36 heavy (non-hydrogen) atoms. The van der Waals surface area contributed by atoms with E-state index >= 15 is 0 Å². The molecule has 0 radical (unpaired) electrons. The van der Waals surface area contributed by atoms with Gasteiger partial charge in [-0.05, 0) is 74.6 Å². The molecule has 4 aromatic carbocycles. The number of Topliss-reactive ketones (excluding diaryl/α,β-unsaturated/α-hetero) is 2. The van der Waals surface area contributed by atoms with E-state index in [1.54, 1.807) is 13.8 Å². The van der Waals surface area contributed by atoms with Gasteiger partial charge in [-0.25, -0.2) is 0 Å². The quantitative estimate of drug-likeness (QED) is 0.203. The Morgan fingerprint density at radius 1 is 0.639 bits per heavy atom. The first-order valence-electron chi connectivity index (χ1n) is 12.0. The van der Waals surface area contributed by atoms with Gasteiger partial charge in [0.1, 0.15) is 0 Å². The van der Waals surface area contributed by atoms with Crippen molar-refractivity contribution in [3.05, 3.63) is 88.4 Å². The zero-order chi connectivity index (χ0) is 26.3. The smallest absolute Gasteiger partial charge is 0.399 e. The van der Waals surface area contributed by atoms with Crippen LogP contribution in [0, 0.1) is 0 Å². The second-order valence-corrected chi connectivity index (χ2v) is 10.9. The Labute approximate surface area is 221 Å². The Kier molecular flexibility index (Phi) is 7.24. The molecule has 0 spiro atoms. The summed E-state index contributed by atoms with van der Waals surface area (Å²) in [5.41, 5.74) is 1.73. The van der Waals surface area contributed by atoms with E-state index in [9.17, 15) is 9.59 Å². The number of rotatable bonds is 3. The zero-order valence-electron chi connectivity index (χ0n) is 21.5. The maximum absolute atomic E-state index is 11.8. The number of halogens is 1. The van der Waals surface area contributed by atoms with Crippen LogP contribution < -0.4 is 5.46 Å². The van der Waals surface area contributed by atoms with Crippen LogP contribution in [0.2, 0.25) is 0 Å². The van der Waals surface area contributed by atoms with Gasteiger partial charge >= 0.3 is 7.12 Å². The molecule has 0 amide bonds. The molecule has 4 nitrogen and oxygen atoms in total. The molecule has 0 N–H and O–H groups in total. The Morgan fingerprint density at radius 2 is 1.06 bits per heavy atom. The molecule has 5 rings (SSSR count). The van der Waals surface area contributed by atoms with Gasteiger partial charge in [-0.15, -0.1) is 0 Å². The third-order valence-electron chi connectivity index (χ3n) is 7.09. The molecule has 1 heterocycles. The van der Waals surface area contributed by atoms with Crippen LogP contribution in [-0.4, -0.2) is 29.9 Å². The molecule has 1 aliphatic heterocycles. The molecule has 0 saturated carbocycles. The molecule has 0 aliphatic carbocycles. The van der Waals surface area contributed by atoms with Gasteiger partial charge in [-0.1, -0.05) is 82.7 Å². The SMILES string of the molecule is CC(=O)c1cccc2c(B3OC(C)(C)C(C)(C)O3)cccc12.CC(=O)c1cccc2c(Br)cccc12. The first-order valence-corrected chi connectivity index (χ1v) is 12.8. The first-order chi connectivity index (χ1) is 16.9. The van der Waals surface area contributed by atoms with Gasteiger partial charge in [-0.2, -0.15) is 0 Å². The van der Waals surface area contributed by atoms with Crippen molar-refractivity contribution in [3.63, 3.8) is 0 Å². The first kappa shape index (κ1) is 26.3. The van der Waals surface area contributed by atoms with Gasteiger partial charge < -0.3 is 9.31 Å². The molecule has 0 unspecified atom stereocenters. The van der Waals surface area contributed by atoms with Crippen LogP contribution in [0.25, 0.3) is 21.5 Å². The third kappa shape index (κ3) is 4.90. The number of benzene rings is 4. The average molecular weight is 545 g/mol. The zero-order valence-corrected chi connectivity index (χ0v) is 23.1. The van der Waals surface area contributed by atoms with Crippen molar-refractivity contribution in [1.29, 1.82) is 0 Å². The highest BCUT2D eigenvalue weighted by molar-refractivity contribution is 9.10.